The van der Waals surface area contributed by atoms with Gasteiger partial charge in [-0.05, 0) is 47.2 Å². The third-order valence-electron chi connectivity index (χ3n) is 3.97. The molecule has 1 heterocycles. The molecule has 1 aromatic carbocycles. The van der Waals surface area contributed by atoms with Gasteiger partial charge in [-0.3, -0.25) is 0 Å². The SMILES string of the molecule is Cc1nc(-c2ccc(C3CCCCC3)cc2)sc1Br. The zero-order valence-corrected chi connectivity index (χ0v) is 13.6. The standard InChI is InChI=1S/C16H18BrNS/c1-11-15(17)19-16(18-11)14-9-7-13(8-10-14)12-5-3-2-4-6-12/h7-10,12H,2-6H2,1H3. The number of thiazole rings is 1. The van der Waals surface area contributed by atoms with Gasteiger partial charge in [-0.1, -0.05) is 43.5 Å². The van der Waals surface area contributed by atoms with E-state index in [1.165, 1.54) is 43.2 Å². The van der Waals surface area contributed by atoms with Crippen LogP contribution in [0.25, 0.3) is 10.6 Å². The molecule has 19 heavy (non-hydrogen) atoms. The van der Waals surface area contributed by atoms with E-state index in [1.54, 1.807) is 11.3 Å². The molecule has 2 aromatic rings. The molecule has 1 aliphatic rings. The van der Waals surface area contributed by atoms with E-state index in [0.717, 1.165) is 20.4 Å². The van der Waals surface area contributed by atoms with Crippen molar-refractivity contribution >= 4 is 27.3 Å². The van der Waals surface area contributed by atoms with E-state index in [2.05, 4.69) is 45.2 Å². The molecule has 100 valence electrons. The monoisotopic (exact) mass is 335 g/mol. The Hall–Kier alpha value is -0.670. The highest BCUT2D eigenvalue weighted by Crippen LogP contribution is 2.35. The van der Waals surface area contributed by atoms with Crippen LogP contribution in [-0.2, 0) is 0 Å². The first-order valence-corrected chi connectivity index (χ1v) is 8.58. The molecule has 0 spiro atoms. The number of hydrogen-bond donors (Lipinski definition) is 0. The normalized spacial score (nSPS) is 16.7. The average molecular weight is 336 g/mol. The van der Waals surface area contributed by atoms with Gasteiger partial charge >= 0.3 is 0 Å². The number of halogens is 1. The first-order valence-electron chi connectivity index (χ1n) is 6.97. The van der Waals surface area contributed by atoms with Crippen molar-refractivity contribution in [2.75, 3.05) is 0 Å². The van der Waals surface area contributed by atoms with Crippen molar-refractivity contribution in [3.05, 3.63) is 39.3 Å². The van der Waals surface area contributed by atoms with E-state index in [9.17, 15) is 0 Å². The van der Waals surface area contributed by atoms with E-state index < -0.39 is 0 Å². The summed E-state index contributed by atoms with van der Waals surface area (Å²) in [6.07, 6.45) is 6.93. The lowest BCUT2D eigenvalue weighted by Crippen LogP contribution is -2.04. The van der Waals surface area contributed by atoms with Crippen LogP contribution >= 0.6 is 27.3 Å². The molecule has 0 saturated heterocycles. The molecule has 1 aromatic heterocycles. The first kappa shape index (κ1) is 13.3. The van der Waals surface area contributed by atoms with Gasteiger partial charge in [0, 0.05) is 5.56 Å². The second kappa shape index (κ2) is 5.76. The Morgan fingerprint density at radius 3 is 2.37 bits per heavy atom. The fourth-order valence-electron chi connectivity index (χ4n) is 2.84. The quantitative estimate of drug-likeness (QED) is 0.662. The van der Waals surface area contributed by atoms with Gasteiger partial charge < -0.3 is 0 Å². The molecule has 0 amide bonds. The predicted molar refractivity (Wildman–Crippen MR) is 85.8 cm³/mol. The Morgan fingerprint density at radius 1 is 1.11 bits per heavy atom. The van der Waals surface area contributed by atoms with Crippen LogP contribution in [0.5, 0.6) is 0 Å². The summed E-state index contributed by atoms with van der Waals surface area (Å²) < 4.78 is 1.14. The Labute approximate surface area is 127 Å². The van der Waals surface area contributed by atoms with Gasteiger partial charge in [0.1, 0.15) is 5.01 Å². The molecule has 0 aliphatic heterocycles. The highest BCUT2D eigenvalue weighted by Gasteiger charge is 2.15. The minimum absolute atomic E-state index is 0.785. The molecule has 0 unspecified atom stereocenters. The molecule has 1 aliphatic carbocycles. The largest absolute Gasteiger partial charge is 0.240 e. The summed E-state index contributed by atoms with van der Waals surface area (Å²) in [7, 11) is 0. The lowest BCUT2D eigenvalue weighted by molar-refractivity contribution is 0.443. The van der Waals surface area contributed by atoms with Gasteiger partial charge in [-0.15, -0.1) is 11.3 Å². The molecule has 1 fully saturated rings. The van der Waals surface area contributed by atoms with Gasteiger partial charge in [-0.2, -0.15) is 0 Å². The molecule has 0 radical (unpaired) electrons. The highest BCUT2D eigenvalue weighted by atomic mass is 79.9. The summed E-state index contributed by atoms with van der Waals surface area (Å²) in [5.41, 5.74) is 3.82. The summed E-state index contributed by atoms with van der Waals surface area (Å²) >= 11 is 5.26. The summed E-state index contributed by atoms with van der Waals surface area (Å²) in [4.78, 5) is 4.59. The van der Waals surface area contributed by atoms with Crippen LogP contribution in [0.1, 0.15) is 49.3 Å². The van der Waals surface area contributed by atoms with Crippen molar-refractivity contribution in [2.24, 2.45) is 0 Å². The maximum atomic E-state index is 4.59. The topological polar surface area (TPSA) is 12.9 Å². The number of nitrogens with zero attached hydrogens (tertiary/aromatic N) is 1. The third kappa shape index (κ3) is 2.92. The fourth-order valence-corrected chi connectivity index (χ4v) is 4.18. The van der Waals surface area contributed by atoms with Gasteiger partial charge in [0.05, 0.1) is 9.48 Å². The molecule has 1 saturated carbocycles. The van der Waals surface area contributed by atoms with Crippen molar-refractivity contribution < 1.29 is 0 Å². The number of benzene rings is 1. The molecular weight excluding hydrogens is 318 g/mol. The molecule has 0 atom stereocenters. The van der Waals surface area contributed by atoms with Crippen LogP contribution in [0.15, 0.2) is 28.1 Å². The number of hydrogen-bond acceptors (Lipinski definition) is 2. The van der Waals surface area contributed by atoms with Gasteiger partial charge in [0.15, 0.2) is 0 Å². The van der Waals surface area contributed by atoms with Crippen molar-refractivity contribution in [2.45, 2.75) is 44.9 Å². The second-order valence-corrected chi connectivity index (χ2v) is 7.65. The molecule has 0 N–H and O–H groups in total. The first-order chi connectivity index (χ1) is 9.24. The molecule has 3 heteroatoms. The Balaban J connectivity index is 1.82. The molecule has 0 bridgehead atoms. The average Bonchev–Trinajstić information content (AvgIpc) is 2.80. The highest BCUT2D eigenvalue weighted by molar-refractivity contribution is 9.11. The van der Waals surface area contributed by atoms with Crippen LogP contribution in [-0.4, -0.2) is 4.98 Å². The van der Waals surface area contributed by atoms with Crippen molar-refractivity contribution in [1.29, 1.82) is 0 Å². The maximum Gasteiger partial charge on any atom is 0.124 e. The van der Waals surface area contributed by atoms with Crippen LogP contribution < -0.4 is 0 Å². The van der Waals surface area contributed by atoms with Gasteiger partial charge in [0.2, 0.25) is 0 Å². The van der Waals surface area contributed by atoms with Crippen LogP contribution in [0.4, 0.5) is 0 Å². The molecule has 1 nitrogen and oxygen atoms in total. The molecular formula is C16H18BrNS. The minimum atomic E-state index is 0.785. The van der Waals surface area contributed by atoms with Crippen LogP contribution in [0, 0.1) is 6.92 Å². The van der Waals surface area contributed by atoms with E-state index in [1.807, 2.05) is 6.92 Å². The predicted octanol–water partition coefficient (Wildman–Crippen LogP) is 5.93. The zero-order chi connectivity index (χ0) is 13.2. The van der Waals surface area contributed by atoms with Crippen molar-refractivity contribution in [3.63, 3.8) is 0 Å². The smallest absolute Gasteiger partial charge is 0.124 e. The number of rotatable bonds is 2. The van der Waals surface area contributed by atoms with Gasteiger partial charge in [0.25, 0.3) is 0 Å². The summed E-state index contributed by atoms with van der Waals surface area (Å²) in [6.45, 7) is 2.04. The summed E-state index contributed by atoms with van der Waals surface area (Å²) in [6, 6.07) is 9.06. The maximum absolute atomic E-state index is 4.59. The third-order valence-corrected chi connectivity index (χ3v) is 6.03. The second-order valence-electron chi connectivity index (χ2n) is 5.34. The Kier molecular flexibility index (Phi) is 4.04. The minimum Gasteiger partial charge on any atom is -0.240 e. The Morgan fingerprint density at radius 2 is 1.79 bits per heavy atom. The zero-order valence-electron chi connectivity index (χ0n) is 11.2. The number of aromatic nitrogens is 1. The van der Waals surface area contributed by atoms with E-state index in [0.29, 0.717) is 0 Å². The van der Waals surface area contributed by atoms with Crippen LogP contribution in [0.3, 0.4) is 0 Å². The fraction of sp³-hybridized carbons (Fsp3) is 0.438. The lowest BCUT2D eigenvalue weighted by atomic mass is 9.84. The van der Waals surface area contributed by atoms with E-state index in [4.69, 9.17) is 0 Å². The Bertz CT molecular complexity index is 533. The van der Waals surface area contributed by atoms with E-state index >= 15 is 0 Å². The summed E-state index contributed by atoms with van der Waals surface area (Å²) in [5.74, 6) is 0.785. The molecule has 3 rings (SSSR count). The van der Waals surface area contributed by atoms with Gasteiger partial charge in [-0.25, -0.2) is 4.98 Å². The lowest BCUT2D eigenvalue weighted by Gasteiger charge is -2.21. The van der Waals surface area contributed by atoms with Crippen molar-refractivity contribution in [1.82, 2.24) is 4.98 Å². The number of aryl methyl sites for hydroxylation is 1. The summed E-state index contributed by atoms with van der Waals surface area (Å²) in [5, 5.41) is 1.11. The van der Waals surface area contributed by atoms with E-state index in [-0.39, 0.29) is 0 Å². The van der Waals surface area contributed by atoms with Crippen LogP contribution in [0.2, 0.25) is 0 Å². The van der Waals surface area contributed by atoms with Crippen molar-refractivity contribution in [3.8, 4) is 10.6 Å².